The molecule has 5 nitrogen and oxygen atoms in total. The number of thiazole rings is 1. The van der Waals surface area contributed by atoms with Crippen LogP contribution in [0.1, 0.15) is 5.69 Å². The van der Waals surface area contributed by atoms with E-state index in [9.17, 15) is 4.79 Å². The minimum absolute atomic E-state index is 0.171. The summed E-state index contributed by atoms with van der Waals surface area (Å²) in [6.45, 7) is 1.90. The zero-order chi connectivity index (χ0) is 23.8. The van der Waals surface area contributed by atoms with Crippen molar-refractivity contribution < 1.29 is 0 Å². The Morgan fingerprint density at radius 2 is 1.44 bits per heavy atom. The molecule has 170 valence electrons. The molecule has 5 aromatic rings. The van der Waals surface area contributed by atoms with Crippen molar-refractivity contribution in [2.45, 2.75) is 6.92 Å². The second-order valence-corrected chi connectivity index (χ2v) is 9.45. The Balaban J connectivity index is 1.76. The smallest absolute Gasteiger partial charge is 0.285 e. The molecule has 0 unspecified atom stereocenters. The van der Waals surface area contributed by atoms with Crippen LogP contribution in [0.15, 0.2) is 94.0 Å². The van der Waals surface area contributed by atoms with Gasteiger partial charge >= 0.3 is 0 Å². The molecule has 0 amide bonds. The van der Waals surface area contributed by atoms with Gasteiger partial charge in [0.1, 0.15) is 0 Å². The van der Waals surface area contributed by atoms with Crippen molar-refractivity contribution in [3.8, 4) is 22.6 Å². The average molecular weight is 507 g/mol. The van der Waals surface area contributed by atoms with Crippen molar-refractivity contribution in [3.63, 3.8) is 0 Å². The molecule has 5 rings (SSSR count). The molecule has 0 radical (unpaired) electrons. The molecule has 0 aliphatic heterocycles. The molecule has 8 heteroatoms. The molecule has 0 aliphatic rings. The van der Waals surface area contributed by atoms with E-state index in [1.54, 1.807) is 4.68 Å². The van der Waals surface area contributed by atoms with Crippen molar-refractivity contribution in [1.82, 2.24) is 13.9 Å². The number of benzene rings is 3. The van der Waals surface area contributed by atoms with Crippen LogP contribution in [-0.2, 0) is 7.05 Å². The van der Waals surface area contributed by atoms with E-state index in [2.05, 4.69) is 0 Å². The topological polar surface area (TPSA) is 44.2 Å². The first kappa shape index (κ1) is 22.5. The molecule has 34 heavy (non-hydrogen) atoms. The zero-order valence-electron chi connectivity index (χ0n) is 18.4. The Kier molecular flexibility index (Phi) is 6.04. The number of para-hydroxylation sites is 1. The normalized spacial score (nSPS) is 11.8. The van der Waals surface area contributed by atoms with Crippen LogP contribution in [-0.4, -0.2) is 13.9 Å². The summed E-state index contributed by atoms with van der Waals surface area (Å²) in [4.78, 5) is 19.0. The van der Waals surface area contributed by atoms with Gasteiger partial charge in [0.05, 0.1) is 17.1 Å². The molecule has 0 atom stereocenters. The van der Waals surface area contributed by atoms with Gasteiger partial charge in [0.2, 0.25) is 0 Å². The number of halogens is 2. The van der Waals surface area contributed by atoms with Gasteiger partial charge in [0.25, 0.3) is 5.56 Å². The molecular weight excluding hydrogens is 487 g/mol. The van der Waals surface area contributed by atoms with Crippen molar-refractivity contribution in [3.05, 3.63) is 115 Å². The number of rotatable bonds is 4. The molecule has 0 N–H and O–H groups in total. The summed E-state index contributed by atoms with van der Waals surface area (Å²) in [6, 6.07) is 24.8. The molecule has 2 aromatic heterocycles. The third-order valence-electron chi connectivity index (χ3n) is 5.66. The second kappa shape index (κ2) is 9.14. The largest absolute Gasteiger partial charge is 0.297 e. The summed E-state index contributed by atoms with van der Waals surface area (Å²) in [5, 5.41) is 3.35. The number of nitrogens with zero attached hydrogens (tertiary/aromatic N) is 4. The molecule has 0 bridgehead atoms. The van der Waals surface area contributed by atoms with Crippen molar-refractivity contribution in [2.75, 3.05) is 0 Å². The van der Waals surface area contributed by atoms with E-state index in [1.165, 1.54) is 11.3 Å². The van der Waals surface area contributed by atoms with Gasteiger partial charge in [0, 0.05) is 28.2 Å². The fourth-order valence-electron chi connectivity index (χ4n) is 3.83. The van der Waals surface area contributed by atoms with Crippen LogP contribution in [0.3, 0.4) is 0 Å². The lowest BCUT2D eigenvalue weighted by Crippen LogP contribution is -2.20. The van der Waals surface area contributed by atoms with E-state index >= 15 is 0 Å². The lowest BCUT2D eigenvalue weighted by atomic mass is 10.1. The van der Waals surface area contributed by atoms with Crippen LogP contribution in [0.5, 0.6) is 0 Å². The minimum Gasteiger partial charge on any atom is -0.285 e. The maximum absolute atomic E-state index is 13.4. The van der Waals surface area contributed by atoms with Gasteiger partial charge in [-0.05, 0) is 61.0 Å². The average Bonchev–Trinajstić information content (AvgIpc) is 3.35. The number of hydrogen-bond acceptors (Lipinski definition) is 3. The van der Waals surface area contributed by atoms with Crippen molar-refractivity contribution in [1.29, 1.82) is 0 Å². The first-order valence-corrected chi connectivity index (χ1v) is 12.2. The highest BCUT2D eigenvalue weighted by Gasteiger charge is 2.17. The Labute approximate surface area is 210 Å². The molecular formula is C26H20Cl2N4OS. The first-order chi connectivity index (χ1) is 16.4. The lowest BCUT2D eigenvalue weighted by Gasteiger charge is -2.09. The summed E-state index contributed by atoms with van der Waals surface area (Å²) >= 11 is 13.7. The highest BCUT2D eigenvalue weighted by molar-refractivity contribution is 7.07. The summed E-state index contributed by atoms with van der Waals surface area (Å²) in [7, 11) is 1.86. The highest BCUT2D eigenvalue weighted by atomic mass is 35.5. The summed E-state index contributed by atoms with van der Waals surface area (Å²) < 4.78 is 5.49. The maximum atomic E-state index is 13.4. The molecule has 0 saturated carbocycles. The van der Waals surface area contributed by atoms with Gasteiger partial charge in [-0.1, -0.05) is 53.5 Å². The quantitative estimate of drug-likeness (QED) is 0.272. The number of hydrogen-bond donors (Lipinski definition) is 0. The molecule has 0 saturated heterocycles. The summed E-state index contributed by atoms with van der Waals surface area (Å²) in [6.07, 6.45) is 0. The Morgan fingerprint density at radius 3 is 2.09 bits per heavy atom. The van der Waals surface area contributed by atoms with Gasteiger partial charge in [-0.25, -0.2) is 9.67 Å². The van der Waals surface area contributed by atoms with E-state index < -0.39 is 0 Å². The third kappa shape index (κ3) is 4.05. The predicted octanol–water partition coefficient (Wildman–Crippen LogP) is 6.54. The molecule has 0 spiro atoms. The maximum Gasteiger partial charge on any atom is 0.297 e. The Morgan fingerprint density at radius 1 is 0.824 bits per heavy atom. The van der Waals surface area contributed by atoms with Crippen LogP contribution in [0, 0.1) is 6.92 Å². The van der Waals surface area contributed by atoms with E-state index in [1.807, 2.05) is 107 Å². The van der Waals surface area contributed by atoms with Crippen molar-refractivity contribution in [2.24, 2.45) is 12.0 Å². The van der Waals surface area contributed by atoms with Gasteiger partial charge in [0.15, 0.2) is 10.5 Å². The van der Waals surface area contributed by atoms with E-state index in [-0.39, 0.29) is 5.56 Å². The third-order valence-corrected chi connectivity index (χ3v) is 6.99. The van der Waals surface area contributed by atoms with Gasteiger partial charge < -0.3 is 0 Å². The number of aromatic nitrogens is 3. The van der Waals surface area contributed by atoms with Crippen LogP contribution in [0.4, 0.5) is 5.69 Å². The Bertz CT molecular complexity index is 1590. The minimum atomic E-state index is -0.171. The van der Waals surface area contributed by atoms with E-state index in [4.69, 9.17) is 28.2 Å². The van der Waals surface area contributed by atoms with E-state index in [0.29, 0.717) is 20.5 Å². The van der Waals surface area contributed by atoms with E-state index in [0.717, 1.165) is 28.3 Å². The summed E-state index contributed by atoms with van der Waals surface area (Å²) in [5.41, 5.74) is 4.62. The molecule has 0 aliphatic carbocycles. The van der Waals surface area contributed by atoms with Crippen LogP contribution < -0.4 is 10.4 Å². The Hall–Kier alpha value is -3.32. The zero-order valence-corrected chi connectivity index (χ0v) is 20.8. The molecule has 3 aromatic carbocycles. The van der Waals surface area contributed by atoms with Gasteiger partial charge in [-0.2, -0.15) is 0 Å². The SMILES string of the molecule is Cc1c(N=c2scc(-c3ccc(Cl)cc3)n2-c2ccc(Cl)cc2)c(=O)n(-c2ccccc2)n1C. The standard InChI is InChI=1S/C26H20Cl2N4OS/c1-17-24(25(33)32(30(17)2)22-6-4-3-5-7-22)29-26-31(21-14-12-20(28)13-15-21)23(16-34-26)18-8-10-19(27)11-9-18/h3-16H,1-2H3. The van der Waals surface area contributed by atoms with Gasteiger partial charge in [-0.3, -0.25) is 14.0 Å². The molecule has 2 heterocycles. The van der Waals surface area contributed by atoms with Crippen LogP contribution in [0.2, 0.25) is 10.0 Å². The lowest BCUT2D eigenvalue weighted by molar-refractivity contribution is 0.630. The highest BCUT2D eigenvalue weighted by Crippen LogP contribution is 2.26. The fraction of sp³-hybridized carbons (Fsp3) is 0.0769. The fourth-order valence-corrected chi connectivity index (χ4v) is 4.99. The van der Waals surface area contributed by atoms with Gasteiger partial charge in [-0.15, -0.1) is 11.3 Å². The molecule has 0 fully saturated rings. The first-order valence-electron chi connectivity index (χ1n) is 10.6. The van der Waals surface area contributed by atoms with Crippen molar-refractivity contribution >= 4 is 40.2 Å². The van der Waals surface area contributed by atoms with Crippen LogP contribution >= 0.6 is 34.5 Å². The summed E-state index contributed by atoms with van der Waals surface area (Å²) in [5.74, 6) is 0. The predicted molar refractivity (Wildman–Crippen MR) is 140 cm³/mol. The monoisotopic (exact) mass is 506 g/mol. The van der Waals surface area contributed by atoms with Crippen LogP contribution in [0.25, 0.3) is 22.6 Å². The second-order valence-electron chi connectivity index (χ2n) is 7.74.